The molecule has 0 saturated carbocycles. The summed E-state index contributed by atoms with van der Waals surface area (Å²) < 4.78 is 0. The molecule has 3 nitrogen and oxygen atoms in total. The van der Waals surface area contributed by atoms with Gasteiger partial charge >= 0.3 is 0 Å². The van der Waals surface area contributed by atoms with Crippen LogP contribution >= 0.6 is 0 Å². The van der Waals surface area contributed by atoms with E-state index in [1.54, 1.807) is 0 Å². The first-order valence-electron chi connectivity index (χ1n) is 5.36. The maximum atomic E-state index is 8.69. The van der Waals surface area contributed by atoms with E-state index in [4.69, 9.17) is 10.1 Å². The van der Waals surface area contributed by atoms with Crippen molar-refractivity contribution in [2.75, 3.05) is 0 Å². The minimum Gasteiger partial charge on any atom is -0.296 e. The molecule has 0 aliphatic heterocycles. The van der Waals surface area contributed by atoms with Gasteiger partial charge in [0.15, 0.2) is 0 Å². The van der Waals surface area contributed by atoms with Crippen molar-refractivity contribution in [1.29, 1.82) is 5.26 Å². The van der Waals surface area contributed by atoms with Gasteiger partial charge in [-0.1, -0.05) is 12.1 Å². The summed E-state index contributed by atoms with van der Waals surface area (Å²) in [5, 5.41) is 8.69. The van der Waals surface area contributed by atoms with Crippen LogP contribution in [0.15, 0.2) is 24.3 Å². The summed E-state index contributed by atoms with van der Waals surface area (Å²) in [6.07, 6.45) is 0. The van der Waals surface area contributed by atoms with E-state index in [-0.39, 0.29) is 11.6 Å². The second-order valence-electron chi connectivity index (χ2n) is 4.79. The Hall–Kier alpha value is -1.37. The number of benzene rings is 1. The molecule has 1 aromatic carbocycles. The highest BCUT2D eigenvalue weighted by Crippen LogP contribution is 2.15. The van der Waals surface area contributed by atoms with E-state index < -0.39 is 0 Å². The Morgan fingerprint density at radius 3 is 2.25 bits per heavy atom. The summed E-state index contributed by atoms with van der Waals surface area (Å²) >= 11 is 0. The Labute approximate surface area is 97.0 Å². The molecule has 0 spiro atoms. The molecular formula is C13H18N2O. The van der Waals surface area contributed by atoms with Crippen molar-refractivity contribution >= 4 is 0 Å². The number of nitrogens with one attached hydrogen (secondary N) is 1. The smallest absolute Gasteiger partial charge is 0.0991 e. The van der Waals surface area contributed by atoms with Crippen molar-refractivity contribution in [1.82, 2.24) is 5.48 Å². The van der Waals surface area contributed by atoms with E-state index in [9.17, 15) is 0 Å². The molecule has 0 radical (unpaired) electrons. The summed E-state index contributed by atoms with van der Waals surface area (Å²) in [5.74, 6) is 0. The zero-order chi connectivity index (χ0) is 12.2. The van der Waals surface area contributed by atoms with Crippen LogP contribution in [0.2, 0.25) is 0 Å². The third-order valence-electron chi connectivity index (χ3n) is 2.08. The van der Waals surface area contributed by atoms with Crippen molar-refractivity contribution in [3.63, 3.8) is 0 Å². The minimum absolute atomic E-state index is 0.104. The molecule has 1 atom stereocenters. The van der Waals surface area contributed by atoms with E-state index in [0.717, 1.165) is 5.56 Å². The lowest BCUT2D eigenvalue weighted by Gasteiger charge is -2.23. The van der Waals surface area contributed by atoms with Crippen molar-refractivity contribution in [2.45, 2.75) is 39.3 Å². The van der Waals surface area contributed by atoms with Crippen molar-refractivity contribution < 1.29 is 4.84 Å². The second-order valence-corrected chi connectivity index (χ2v) is 4.79. The van der Waals surface area contributed by atoms with E-state index >= 15 is 0 Å². The molecule has 0 amide bonds. The van der Waals surface area contributed by atoms with E-state index in [1.807, 2.05) is 52.0 Å². The van der Waals surface area contributed by atoms with Gasteiger partial charge in [0.2, 0.25) is 0 Å². The molecule has 0 aliphatic rings. The number of hydrogen-bond donors (Lipinski definition) is 1. The van der Waals surface area contributed by atoms with Gasteiger partial charge in [-0.05, 0) is 45.4 Å². The second kappa shape index (κ2) is 5.11. The molecule has 1 aromatic rings. The molecule has 16 heavy (non-hydrogen) atoms. The molecule has 0 bridgehead atoms. The zero-order valence-electron chi connectivity index (χ0n) is 10.2. The number of rotatable bonds is 3. The maximum Gasteiger partial charge on any atom is 0.0991 e. The topological polar surface area (TPSA) is 45.0 Å². The maximum absolute atomic E-state index is 8.69. The predicted molar refractivity (Wildman–Crippen MR) is 63.5 cm³/mol. The van der Waals surface area contributed by atoms with Crippen LogP contribution in [0.1, 0.15) is 44.9 Å². The highest BCUT2D eigenvalue weighted by molar-refractivity contribution is 5.32. The Morgan fingerprint density at radius 2 is 1.81 bits per heavy atom. The number of nitriles is 1. The van der Waals surface area contributed by atoms with Gasteiger partial charge in [0.1, 0.15) is 0 Å². The first-order chi connectivity index (χ1) is 7.42. The van der Waals surface area contributed by atoms with E-state index in [0.29, 0.717) is 5.56 Å². The largest absolute Gasteiger partial charge is 0.296 e. The highest BCUT2D eigenvalue weighted by Gasteiger charge is 2.13. The standard InChI is InChI=1S/C13H18N2O/c1-10(15-16-13(2,3)4)12-7-5-11(9-14)6-8-12/h5-8,10,15H,1-4H3. The van der Waals surface area contributed by atoms with Gasteiger partial charge in [0.25, 0.3) is 0 Å². The average Bonchev–Trinajstić information content (AvgIpc) is 2.25. The molecule has 3 heteroatoms. The van der Waals surface area contributed by atoms with Crippen molar-refractivity contribution in [3.05, 3.63) is 35.4 Å². The molecule has 0 fully saturated rings. The normalized spacial score (nSPS) is 13.2. The number of hydrogen-bond acceptors (Lipinski definition) is 3. The highest BCUT2D eigenvalue weighted by atomic mass is 16.7. The van der Waals surface area contributed by atoms with Gasteiger partial charge in [-0.15, -0.1) is 0 Å². The summed E-state index contributed by atoms with van der Waals surface area (Å²) in [6, 6.07) is 9.69. The van der Waals surface area contributed by atoms with Crippen LogP contribution < -0.4 is 5.48 Å². The molecule has 1 rings (SSSR count). The number of hydroxylamine groups is 1. The van der Waals surface area contributed by atoms with Crippen LogP contribution in [-0.4, -0.2) is 5.60 Å². The quantitative estimate of drug-likeness (QED) is 0.793. The Balaban J connectivity index is 2.60. The fourth-order valence-corrected chi connectivity index (χ4v) is 1.18. The van der Waals surface area contributed by atoms with Crippen LogP contribution in [0, 0.1) is 11.3 Å². The molecule has 0 aliphatic carbocycles. The average molecular weight is 218 g/mol. The number of nitrogens with zero attached hydrogens (tertiary/aromatic N) is 1. The third-order valence-corrected chi connectivity index (χ3v) is 2.08. The summed E-state index contributed by atoms with van der Waals surface area (Å²) in [7, 11) is 0. The van der Waals surface area contributed by atoms with Crippen molar-refractivity contribution in [3.8, 4) is 6.07 Å². The van der Waals surface area contributed by atoms with Gasteiger partial charge in [0.05, 0.1) is 23.3 Å². The fraction of sp³-hybridized carbons (Fsp3) is 0.462. The molecule has 86 valence electrons. The van der Waals surface area contributed by atoms with Crippen LogP contribution in [0.3, 0.4) is 0 Å². The van der Waals surface area contributed by atoms with Crippen molar-refractivity contribution in [2.24, 2.45) is 0 Å². The van der Waals surface area contributed by atoms with Crippen LogP contribution in [-0.2, 0) is 4.84 Å². The summed E-state index contributed by atoms with van der Waals surface area (Å²) in [4.78, 5) is 5.49. The minimum atomic E-state index is -0.207. The molecule has 1 unspecified atom stereocenters. The third kappa shape index (κ3) is 4.01. The van der Waals surface area contributed by atoms with Crippen LogP contribution in [0.4, 0.5) is 0 Å². The molecule has 0 heterocycles. The Kier molecular flexibility index (Phi) is 4.05. The predicted octanol–water partition coefficient (Wildman–Crippen LogP) is 2.94. The summed E-state index contributed by atoms with van der Waals surface area (Å²) in [5.41, 5.74) is 4.56. The lowest BCUT2D eigenvalue weighted by atomic mass is 10.1. The first kappa shape index (κ1) is 12.7. The van der Waals surface area contributed by atoms with Gasteiger partial charge in [-0.25, -0.2) is 0 Å². The van der Waals surface area contributed by atoms with Gasteiger partial charge < -0.3 is 0 Å². The van der Waals surface area contributed by atoms with Crippen LogP contribution in [0.5, 0.6) is 0 Å². The monoisotopic (exact) mass is 218 g/mol. The fourth-order valence-electron chi connectivity index (χ4n) is 1.18. The molecule has 1 N–H and O–H groups in total. The molecule has 0 aromatic heterocycles. The van der Waals surface area contributed by atoms with Gasteiger partial charge in [-0.2, -0.15) is 10.7 Å². The molecule has 0 saturated heterocycles. The van der Waals surface area contributed by atoms with Crippen LogP contribution in [0.25, 0.3) is 0 Å². The van der Waals surface area contributed by atoms with E-state index in [2.05, 4.69) is 11.5 Å². The van der Waals surface area contributed by atoms with Gasteiger partial charge in [-0.3, -0.25) is 4.84 Å². The summed E-state index contributed by atoms with van der Waals surface area (Å²) in [6.45, 7) is 8.00. The zero-order valence-corrected chi connectivity index (χ0v) is 10.2. The Bertz CT molecular complexity index is 370. The SMILES string of the molecule is CC(NOC(C)(C)C)c1ccc(C#N)cc1. The first-order valence-corrected chi connectivity index (χ1v) is 5.36. The lowest BCUT2D eigenvalue weighted by molar-refractivity contribution is -0.0866. The van der Waals surface area contributed by atoms with E-state index in [1.165, 1.54) is 0 Å². The Morgan fingerprint density at radius 1 is 1.25 bits per heavy atom. The lowest BCUT2D eigenvalue weighted by Crippen LogP contribution is -2.30. The van der Waals surface area contributed by atoms with Gasteiger partial charge in [0, 0.05) is 0 Å². The molecular weight excluding hydrogens is 200 g/mol.